The lowest BCUT2D eigenvalue weighted by Crippen LogP contribution is -2.34. The number of carbonyl (C=O) groups excluding carboxylic acids is 2. The van der Waals surface area contributed by atoms with Crippen molar-refractivity contribution in [1.29, 1.82) is 0 Å². The maximum atomic E-state index is 11.7. The number of fused-ring (bicyclic) bond motifs is 1. The van der Waals surface area contributed by atoms with Crippen LogP contribution >= 0.6 is 0 Å². The summed E-state index contributed by atoms with van der Waals surface area (Å²) in [6, 6.07) is 0. The molecule has 4 heteroatoms. The maximum Gasteiger partial charge on any atom is 0.248 e. The van der Waals surface area contributed by atoms with Gasteiger partial charge in [-0.1, -0.05) is 26.8 Å². The van der Waals surface area contributed by atoms with Crippen LogP contribution in [0.5, 0.6) is 0 Å². The van der Waals surface area contributed by atoms with E-state index < -0.39 is 0 Å². The summed E-state index contributed by atoms with van der Waals surface area (Å²) in [5, 5.41) is 2.84. The number of hydrogen-bond donors (Lipinski definition) is 1. The van der Waals surface area contributed by atoms with Crippen LogP contribution < -0.4 is 5.32 Å². The van der Waals surface area contributed by atoms with Gasteiger partial charge in [0.15, 0.2) is 0 Å². The molecule has 0 saturated carbocycles. The van der Waals surface area contributed by atoms with Crippen LogP contribution in [0.3, 0.4) is 0 Å². The average Bonchev–Trinajstić information content (AvgIpc) is 2.37. The second kappa shape index (κ2) is 5.99. The molecular formula is C16H20N2O2. The standard InChI is InChI=1S/C16H20N2O2/c1-4-5-15(19)17-11-6-7-12-13(10(2)3)9-16(20)18-14(12)8-11/h6-10,12H,4-5H2,1-3H3,(H,18,20). The number of amides is 2. The quantitative estimate of drug-likeness (QED) is 0.858. The highest BCUT2D eigenvalue weighted by atomic mass is 16.2. The van der Waals surface area contributed by atoms with Crippen LogP contribution in [-0.2, 0) is 9.59 Å². The zero-order valence-corrected chi connectivity index (χ0v) is 12.1. The number of rotatable bonds is 3. The first-order chi connectivity index (χ1) is 9.51. The third kappa shape index (κ3) is 3.13. The smallest absolute Gasteiger partial charge is 0.248 e. The van der Waals surface area contributed by atoms with E-state index in [4.69, 9.17) is 0 Å². The van der Waals surface area contributed by atoms with Crippen molar-refractivity contribution >= 4 is 17.5 Å². The highest BCUT2D eigenvalue weighted by Crippen LogP contribution is 2.31. The molecule has 1 heterocycles. The first kappa shape index (κ1) is 14.4. The summed E-state index contributed by atoms with van der Waals surface area (Å²) in [4.78, 5) is 27.3. The van der Waals surface area contributed by atoms with E-state index in [1.54, 1.807) is 12.2 Å². The lowest BCUT2D eigenvalue weighted by molar-refractivity contribution is -0.118. The van der Waals surface area contributed by atoms with Gasteiger partial charge in [0.25, 0.3) is 0 Å². The molecule has 1 aliphatic carbocycles. The zero-order chi connectivity index (χ0) is 14.7. The molecule has 1 N–H and O–H groups in total. The third-order valence-electron chi connectivity index (χ3n) is 3.41. The van der Waals surface area contributed by atoms with Crippen LogP contribution in [0, 0.1) is 11.8 Å². The van der Waals surface area contributed by atoms with Crippen LogP contribution in [0.15, 0.2) is 40.6 Å². The third-order valence-corrected chi connectivity index (χ3v) is 3.41. The summed E-state index contributed by atoms with van der Waals surface area (Å²) < 4.78 is 0. The molecule has 2 rings (SSSR count). The van der Waals surface area contributed by atoms with Gasteiger partial charge < -0.3 is 5.32 Å². The second-order valence-electron chi connectivity index (χ2n) is 5.41. The monoisotopic (exact) mass is 272 g/mol. The van der Waals surface area contributed by atoms with Gasteiger partial charge in [-0.2, -0.15) is 0 Å². The molecule has 1 aliphatic heterocycles. The van der Waals surface area contributed by atoms with Crippen molar-refractivity contribution in [1.82, 2.24) is 5.32 Å². The predicted octanol–water partition coefficient (Wildman–Crippen LogP) is 2.54. The summed E-state index contributed by atoms with van der Waals surface area (Å²) in [7, 11) is 0. The van der Waals surface area contributed by atoms with E-state index in [0.29, 0.717) is 18.1 Å². The molecule has 2 aliphatic rings. The van der Waals surface area contributed by atoms with E-state index in [1.165, 1.54) is 0 Å². The molecule has 0 fully saturated rings. The number of aliphatic imine (C=N–C) groups is 1. The molecule has 1 atom stereocenters. The molecule has 20 heavy (non-hydrogen) atoms. The van der Waals surface area contributed by atoms with E-state index in [9.17, 15) is 9.59 Å². The van der Waals surface area contributed by atoms with Gasteiger partial charge in [0.1, 0.15) is 0 Å². The van der Waals surface area contributed by atoms with Crippen LogP contribution in [0.25, 0.3) is 0 Å². The largest absolute Gasteiger partial charge is 0.325 e. The number of carbonyl (C=O) groups is 2. The normalized spacial score (nSPS) is 23.3. The summed E-state index contributed by atoms with van der Waals surface area (Å²) in [5.41, 5.74) is 2.52. The van der Waals surface area contributed by atoms with Gasteiger partial charge in [-0.15, -0.1) is 0 Å². The first-order valence-electron chi connectivity index (χ1n) is 7.05. The molecule has 0 aromatic rings. The Morgan fingerprint density at radius 1 is 1.40 bits per heavy atom. The van der Waals surface area contributed by atoms with Crippen LogP contribution in [0.4, 0.5) is 0 Å². The SMILES string of the molecule is CCCC(=O)N=C1C=CC2C(=C1)NC(=O)C=C2C(C)C. The minimum absolute atomic E-state index is 0.0907. The Balaban J connectivity index is 2.27. The second-order valence-corrected chi connectivity index (χ2v) is 5.41. The molecule has 0 aromatic carbocycles. The summed E-state index contributed by atoms with van der Waals surface area (Å²) >= 11 is 0. The van der Waals surface area contributed by atoms with Gasteiger partial charge in [-0.3, -0.25) is 9.59 Å². The number of hydrogen-bond acceptors (Lipinski definition) is 2. The Morgan fingerprint density at radius 2 is 2.15 bits per heavy atom. The average molecular weight is 272 g/mol. The van der Waals surface area contributed by atoms with E-state index in [0.717, 1.165) is 17.7 Å². The van der Waals surface area contributed by atoms with Crippen LogP contribution in [0.2, 0.25) is 0 Å². The fourth-order valence-corrected chi connectivity index (χ4v) is 2.43. The van der Waals surface area contributed by atoms with E-state index in [-0.39, 0.29) is 17.7 Å². The first-order valence-corrected chi connectivity index (χ1v) is 7.05. The fraction of sp³-hybridized carbons (Fsp3) is 0.438. The topological polar surface area (TPSA) is 58.5 Å². The Morgan fingerprint density at radius 3 is 2.80 bits per heavy atom. The highest BCUT2D eigenvalue weighted by Gasteiger charge is 2.27. The molecule has 0 bridgehead atoms. The van der Waals surface area contributed by atoms with Crippen molar-refractivity contribution in [3.05, 3.63) is 35.6 Å². The Labute approximate surface area is 119 Å². The molecule has 0 spiro atoms. The van der Waals surface area contributed by atoms with Crippen molar-refractivity contribution in [3.8, 4) is 0 Å². The maximum absolute atomic E-state index is 11.7. The van der Waals surface area contributed by atoms with E-state index in [1.807, 2.05) is 19.1 Å². The van der Waals surface area contributed by atoms with Gasteiger partial charge >= 0.3 is 0 Å². The van der Waals surface area contributed by atoms with Gasteiger partial charge in [-0.25, -0.2) is 4.99 Å². The molecule has 2 amide bonds. The molecule has 0 radical (unpaired) electrons. The molecule has 0 aromatic heterocycles. The molecule has 4 nitrogen and oxygen atoms in total. The summed E-state index contributed by atoms with van der Waals surface area (Å²) in [6.07, 6.45) is 8.56. The van der Waals surface area contributed by atoms with E-state index in [2.05, 4.69) is 24.2 Å². The van der Waals surface area contributed by atoms with Crippen molar-refractivity contribution in [3.63, 3.8) is 0 Å². The van der Waals surface area contributed by atoms with Crippen molar-refractivity contribution < 1.29 is 9.59 Å². The fourth-order valence-electron chi connectivity index (χ4n) is 2.43. The Hall–Kier alpha value is -1.97. The molecule has 0 saturated heterocycles. The highest BCUT2D eigenvalue weighted by molar-refractivity contribution is 6.11. The minimum Gasteiger partial charge on any atom is -0.325 e. The summed E-state index contributed by atoms with van der Waals surface area (Å²) in [6.45, 7) is 6.10. The number of allylic oxidation sites excluding steroid dienone is 3. The number of nitrogens with one attached hydrogen (secondary N) is 1. The van der Waals surface area contributed by atoms with Gasteiger partial charge in [0.2, 0.25) is 11.8 Å². The zero-order valence-electron chi connectivity index (χ0n) is 12.1. The molecule has 106 valence electrons. The molecular weight excluding hydrogens is 252 g/mol. The van der Waals surface area contributed by atoms with Gasteiger partial charge in [0, 0.05) is 24.1 Å². The minimum atomic E-state index is -0.121. The van der Waals surface area contributed by atoms with E-state index >= 15 is 0 Å². The van der Waals surface area contributed by atoms with Crippen LogP contribution in [-0.4, -0.2) is 17.5 Å². The lowest BCUT2D eigenvalue weighted by Gasteiger charge is -2.29. The van der Waals surface area contributed by atoms with Crippen LogP contribution in [0.1, 0.15) is 33.6 Å². The Kier molecular flexibility index (Phi) is 4.32. The predicted molar refractivity (Wildman–Crippen MR) is 79.1 cm³/mol. The molecule has 1 unspecified atom stereocenters. The lowest BCUT2D eigenvalue weighted by atomic mass is 9.82. The van der Waals surface area contributed by atoms with Gasteiger partial charge in [0.05, 0.1) is 5.71 Å². The van der Waals surface area contributed by atoms with Crippen molar-refractivity contribution in [2.24, 2.45) is 16.8 Å². The Bertz CT molecular complexity index is 551. The van der Waals surface area contributed by atoms with Crippen molar-refractivity contribution in [2.45, 2.75) is 33.6 Å². The van der Waals surface area contributed by atoms with Crippen molar-refractivity contribution in [2.75, 3.05) is 0 Å². The number of nitrogens with zero attached hydrogens (tertiary/aromatic N) is 1. The summed E-state index contributed by atoms with van der Waals surface area (Å²) in [5.74, 6) is 0.169. The van der Waals surface area contributed by atoms with Gasteiger partial charge in [-0.05, 0) is 30.1 Å².